The number of nitrogens with zero attached hydrogens (tertiary/aromatic N) is 2. The van der Waals surface area contributed by atoms with E-state index < -0.39 is 5.82 Å². The van der Waals surface area contributed by atoms with Crippen molar-refractivity contribution in [1.82, 2.24) is 9.80 Å². The molecule has 7 heteroatoms. The van der Waals surface area contributed by atoms with Crippen LogP contribution in [0.3, 0.4) is 0 Å². The normalized spacial score (nSPS) is 17.0. The number of aryl methyl sites for hydroxylation is 2. The maximum Gasteiger partial charge on any atom is 0.264 e. The zero-order chi connectivity index (χ0) is 19.0. The minimum Gasteiger partial charge on any atom is -0.335 e. The summed E-state index contributed by atoms with van der Waals surface area (Å²) in [7, 11) is 0. The molecule has 1 saturated heterocycles. The van der Waals surface area contributed by atoms with Gasteiger partial charge in [0, 0.05) is 31.1 Å². The first-order valence-electron chi connectivity index (χ1n) is 9.18. The van der Waals surface area contributed by atoms with Gasteiger partial charge in [-0.1, -0.05) is 11.6 Å². The molecule has 0 radical (unpaired) electrons. The van der Waals surface area contributed by atoms with Crippen LogP contribution in [0.25, 0.3) is 0 Å². The molecule has 142 valence electrons. The van der Waals surface area contributed by atoms with E-state index in [2.05, 4.69) is 6.07 Å². The van der Waals surface area contributed by atoms with Crippen molar-refractivity contribution < 1.29 is 14.0 Å². The third-order valence-electron chi connectivity index (χ3n) is 5.22. The third kappa shape index (κ3) is 3.73. The number of fused-ring (bicyclic) bond motifs is 1. The van der Waals surface area contributed by atoms with Crippen molar-refractivity contribution in [3.8, 4) is 0 Å². The van der Waals surface area contributed by atoms with Gasteiger partial charge >= 0.3 is 0 Å². The van der Waals surface area contributed by atoms with Gasteiger partial charge in [-0.15, -0.1) is 11.3 Å². The SMILES string of the molecule is O=C(c1cc2c(s1)CCCC2)N1CCN(C(=O)c2ccc(F)cc2Cl)CC1. The van der Waals surface area contributed by atoms with Crippen LogP contribution < -0.4 is 0 Å². The summed E-state index contributed by atoms with van der Waals surface area (Å²) in [4.78, 5) is 31.1. The first kappa shape index (κ1) is 18.4. The van der Waals surface area contributed by atoms with Crippen LogP contribution in [0.4, 0.5) is 4.39 Å². The Kier molecular flexibility index (Phi) is 5.19. The molecule has 0 saturated carbocycles. The molecule has 1 fully saturated rings. The van der Waals surface area contributed by atoms with Crippen LogP contribution in [0.2, 0.25) is 5.02 Å². The van der Waals surface area contributed by atoms with Crippen LogP contribution in [0.1, 0.15) is 43.3 Å². The van der Waals surface area contributed by atoms with E-state index in [0.29, 0.717) is 31.7 Å². The fraction of sp³-hybridized carbons (Fsp3) is 0.400. The fourth-order valence-corrected chi connectivity index (χ4v) is 5.17. The number of thiophene rings is 1. The molecule has 0 atom stereocenters. The molecule has 4 rings (SSSR count). The number of amides is 2. The topological polar surface area (TPSA) is 40.6 Å². The van der Waals surface area contributed by atoms with Gasteiger partial charge < -0.3 is 9.80 Å². The molecule has 1 aliphatic heterocycles. The number of hydrogen-bond acceptors (Lipinski definition) is 3. The molecule has 1 aromatic heterocycles. The molecule has 0 unspecified atom stereocenters. The predicted molar refractivity (Wildman–Crippen MR) is 104 cm³/mol. The predicted octanol–water partition coefficient (Wildman–Crippen LogP) is 4.02. The Bertz CT molecular complexity index is 867. The molecular weight excluding hydrogens is 387 g/mol. The Balaban J connectivity index is 1.40. The van der Waals surface area contributed by atoms with E-state index in [0.717, 1.165) is 23.8 Å². The van der Waals surface area contributed by atoms with Gasteiger partial charge in [0.05, 0.1) is 15.5 Å². The first-order valence-corrected chi connectivity index (χ1v) is 10.4. The highest BCUT2D eigenvalue weighted by Crippen LogP contribution is 2.30. The van der Waals surface area contributed by atoms with Gasteiger partial charge in [-0.2, -0.15) is 0 Å². The van der Waals surface area contributed by atoms with Crippen molar-refractivity contribution in [2.45, 2.75) is 25.7 Å². The Labute approximate surface area is 166 Å². The minimum atomic E-state index is -0.467. The summed E-state index contributed by atoms with van der Waals surface area (Å²) in [6.45, 7) is 1.88. The largest absolute Gasteiger partial charge is 0.335 e. The Morgan fingerprint density at radius 3 is 2.30 bits per heavy atom. The van der Waals surface area contributed by atoms with Crippen molar-refractivity contribution >= 4 is 34.8 Å². The maximum atomic E-state index is 13.2. The lowest BCUT2D eigenvalue weighted by Gasteiger charge is -2.34. The van der Waals surface area contributed by atoms with Crippen LogP contribution in [0.5, 0.6) is 0 Å². The third-order valence-corrected chi connectivity index (χ3v) is 6.76. The number of hydrogen-bond donors (Lipinski definition) is 0. The van der Waals surface area contributed by atoms with Crippen LogP contribution in [0, 0.1) is 5.82 Å². The van der Waals surface area contributed by atoms with Crippen LogP contribution >= 0.6 is 22.9 Å². The van der Waals surface area contributed by atoms with E-state index in [1.165, 1.54) is 35.4 Å². The summed E-state index contributed by atoms with van der Waals surface area (Å²) in [5, 5.41) is 0.114. The van der Waals surface area contributed by atoms with E-state index in [1.807, 2.05) is 4.90 Å². The lowest BCUT2D eigenvalue weighted by atomic mass is 9.99. The summed E-state index contributed by atoms with van der Waals surface area (Å²) < 4.78 is 13.2. The zero-order valence-corrected chi connectivity index (χ0v) is 16.4. The lowest BCUT2D eigenvalue weighted by molar-refractivity contribution is 0.0538. The highest BCUT2D eigenvalue weighted by Gasteiger charge is 2.28. The molecule has 2 heterocycles. The van der Waals surface area contributed by atoms with Crippen molar-refractivity contribution in [2.24, 2.45) is 0 Å². The van der Waals surface area contributed by atoms with Gasteiger partial charge in [0.1, 0.15) is 5.82 Å². The maximum absolute atomic E-state index is 13.2. The number of rotatable bonds is 2. The lowest BCUT2D eigenvalue weighted by Crippen LogP contribution is -2.50. The summed E-state index contributed by atoms with van der Waals surface area (Å²) in [5.41, 5.74) is 1.62. The van der Waals surface area contributed by atoms with Crippen molar-refractivity contribution in [3.63, 3.8) is 0 Å². The van der Waals surface area contributed by atoms with Crippen LogP contribution in [0.15, 0.2) is 24.3 Å². The quantitative estimate of drug-likeness (QED) is 0.755. The van der Waals surface area contributed by atoms with E-state index in [9.17, 15) is 14.0 Å². The summed E-state index contributed by atoms with van der Waals surface area (Å²) >= 11 is 7.62. The second-order valence-corrected chi connectivity index (χ2v) is 8.52. The molecule has 1 aromatic carbocycles. The van der Waals surface area contributed by atoms with Gasteiger partial charge in [-0.3, -0.25) is 9.59 Å². The van der Waals surface area contributed by atoms with E-state index >= 15 is 0 Å². The summed E-state index contributed by atoms with van der Waals surface area (Å²) in [6, 6.07) is 5.84. The molecule has 0 spiro atoms. The zero-order valence-electron chi connectivity index (χ0n) is 14.8. The standard InChI is InChI=1S/C20H20ClFN2O2S/c21-16-12-14(22)5-6-15(16)19(25)23-7-9-24(10-8-23)20(26)18-11-13-3-1-2-4-17(13)27-18/h5-6,11-12H,1-4,7-10H2. The smallest absolute Gasteiger partial charge is 0.264 e. The Hall–Kier alpha value is -1.92. The minimum absolute atomic E-state index is 0.0568. The number of carbonyl (C=O) groups excluding carboxylic acids is 2. The Morgan fingerprint density at radius 2 is 1.63 bits per heavy atom. The molecule has 2 aromatic rings. The summed E-state index contributed by atoms with van der Waals surface area (Å²) in [6.07, 6.45) is 4.55. The van der Waals surface area contributed by atoms with Crippen LogP contribution in [-0.4, -0.2) is 47.8 Å². The molecule has 1 aliphatic carbocycles. The van der Waals surface area contributed by atoms with Gasteiger partial charge in [0.2, 0.25) is 0 Å². The molecule has 0 bridgehead atoms. The highest BCUT2D eigenvalue weighted by molar-refractivity contribution is 7.14. The van der Waals surface area contributed by atoms with Crippen molar-refractivity contribution in [2.75, 3.05) is 26.2 Å². The highest BCUT2D eigenvalue weighted by atomic mass is 35.5. The average molecular weight is 407 g/mol. The van der Waals surface area contributed by atoms with Crippen molar-refractivity contribution in [1.29, 1.82) is 0 Å². The van der Waals surface area contributed by atoms with Gasteiger partial charge in [-0.05, 0) is 55.5 Å². The van der Waals surface area contributed by atoms with Gasteiger partial charge in [-0.25, -0.2) is 4.39 Å². The first-order chi connectivity index (χ1) is 13.0. The number of benzene rings is 1. The van der Waals surface area contributed by atoms with E-state index in [4.69, 9.17) is 11.6 Å². The molecule has 4 nitrogen and oxygen atoms in total. The second kappa shape index (κ2) is 7.60. The number of carbonyl (C=O) groups is 2. The van der Waals surface area contributed by atoms with Gasteiger partial charge in [0.25, 0.3) is 11.8 Å². The second-order valence-electron chi connectivity index (χ2n) is 6.97. The Morgan fingerprint density at radius 1 is 0.963 bits per heavy atom. The van der Waals surface area contributed by atoms with Crippen molar-refractivity contribution in [3.05, 3.63) is 56.0 Å². The molecule has 27 heavy (non-hydrogen) atoms. The van der Waals surface area contributed by atoms with E-state index in [-0.39, 0.29) is 16.8 Å². The molecule has 2 aliphatic rings. The molecule has 2 amide bonds. The summed E-state index contributed by atoms with van der Waals surface area (Å²) in [5.74, 6) is -0.634. The number of piperazine rings is 1. The monoisotopic (exact) mass is 406 g/mol. The molecular formula is C20H20ClFN2O2S. The van der Waals surface area contributed by atoms with Crippen LogP contribution in [-0.2, 0) is 12.8 Å². The van der Waals surface area contributed by atoms with E-state index in [1.54, 1.807) is 16.2 Å². The fourth-order valence-electron chi connectivity index (χ4n) is 3.70. The van der Waals surface area contributed by atoms with Gasteiger partial charge in [0.15, 0.2) is 0 Å². The molecule has 0 N–H and O–H groups in total. The average Bonchev–Trinajstić information content (AvgIpc) is 3.11. The number of halogens is 2.